The van der Waals surface area contributed by atoms with Gasteiger partial charge in [-0.25, -0.2) is 4.98 Å². The van der Waals surface area contributed by atoms with Crippen LogP contribution in [0.1, 0.15) is 5.69 Å². The molecule has 0 saturated carbocycles. The summed E-state index contributed by atoms with van der Waals surface area (Å²) >= 11 is 1.64. The lowest BCUT2D eigenvalue weighted by molar-refractivity contribution is 0.740. The zero-order valence-corrected chi connectivity index (χ0v) is 9.22. The highest BCUT2D eigenvalue weighted by molar-refractivity contribution is 7.18. The first-order valence-corrected chi connectivity index (χ1v) is 5.16. The summed E-state index contributed by atoms with van der Waals surface area (Å²) in [5.74, 6) is 0. The lowest BCUT2D eigenvalue weighted by Crippen LogP contribution is -1.91. The zero-order chi connectivity index (χ0) is 10.1. The summed E-state index contributed by atoms with van der Waals surface area (Å²) in [6, 6.07) is 0. The molecule has 2 rings (SSSR count). The van der Waals surface area contributed by atoms with Crippen molar-refractivity contribution >= 4 is 16.5 Å². The molecular weight excluding hydrogens is 196 g/mol. The maximum atomic E-state index is 4.23. The highest BCUT2D eigenvalue weighted by atomic mass is 32.1. The van der Waals surface area contributed by atoms with Crippen LogP contribution in [0.2, 0.25) is 0 Å². The molecule has 0 aromatic carbocycles. The Hall–Kier alpha value is -1.36. The van der Waals surface area contributed by atoms with Crippen molar-refractivity contribution in [1.82, 2.24) is 14.8 Å². The molecule has 0 aliphatic rings. The van der Waals surface area contributed by atoms with Crippen LogP contribution in [0, 0.1) is 6.92 Å². The van der Waals surface area contributed by atoms with Crippen LogP contribution in [0.25, 0.3) is 10.4 Å². The van der Waals surface area contributed by atoms with Crippen LogP contribution in [-0.4, -0.2) is 21.8 Å². The van der Waals surface area contributed by atoms with Crippen molar-refractivity contribution in [3.8, 4) is 10.4 Å². The van der Waals surface area contributed by atoms with E-state index in [-0.39, 0.29) is 0 Å². The summed E-state index contributed by atoms with van der Waals surface area (Å²) in [7, 11) is 3.82. The first kappa shape index (κ1) is 9.21. The number of aromatic nitrogens is 3. The van der Waals surface area contributed by atoms with Crippen LogP contribution in [0.4, 0.5) is 5.13 Å². The normalized spacial score (nSPS) is 10.5. The molecule has 0 aliphatic heterocycles. The van der Waals surface area contributed by atoms with Crippen LogP contribution in [0.5, 0.6) is 0 Å². The lowest BCUT2D eigenvalue weighted by atomic mass is 10.2. The van der Waals surface area contributed by atoms with E-state index < -0.39 is 0 Å². The van der Waals surface area contributed by atoms with Crippen molar-refractivity contribution < 1.29 is 0 Å². The van der Waals surface area contributed by atoms with Gasteiger partial charge in [-0.3, -0.25) is 4.68 Å². The Morgan fingerprint density at radius 3 is 2.71 bits per heavy atom. The van der Waals surface area contributed by atoms with Gasteiger partial charge in [-0.15, -0.1) is 0 Å². The van der Waals surface area contributed by atoms with E-state index in [1.165, 1.54) is 0 Å². The standard InChI is InChI=1S/C9H12N4S/c1-6-7(4-12-13(6)3)8-5-11-9(10-2)14-8/h4-5H,1-3H3,(H,10,11). The van der Waals surface area contributed by atoms with E-state index in [1.807, 2.05) is 31.2 Å². The predicted molar refractivity (Wildman–Crippen MR) is 58.6 cm³/mol. The smallest absolute Gasteiger partial charge is 0.182 e. The van der Waals surface area contributed by atoms with Crippen LogP contribution in [0.15, 0.2) is 12.4 Å². The number of hydrogen-bond acceptors (Lipinski definition) is 4. The van der Waals surface area contributed by atoms with Crippen LogP contribution in [-0.2, 0) is 7.05 Å². The van der Waals surface area contributed by atoms with E-state index in [2.05, 4.69) is 22.3 Å². The number of rotatable bonds is 2. The summed E-state index contributed by atoms with van der Waals surface area (Å²) in [4.78, 5) is 5.38. The molecule has 0 unspecified atom stereocenters. The Bertz CT molecular complexity index is 443. The molecule has 0 atom stereocenters. The van der Waals surface area contributed by atoms with Crippen molar-refractivity contribution in [2.45, 2.75) is 6.92 Å². The minimum absolute atomic E-state index is 0.934. The van der Waals surface area contributed by atoms with Gasteiger partial charge in [0, 0.05) is 31.5 Å². The summed E-state index contributed by atoms with van der Waals surface area (Å²) in [5, 5.41) is 8.16. The molecule has 2 aromatic rings. The Labute approximate surface area is 86.6 Å². The zero-order valence-electron chi connectivity index (χ0n) is 8.40. The molecular formula is C9H12N4S. The minimum atomic E-state index is 0.934. The fourth-order valence-corrected chi connectivity index (χ4v) is 2.09. The molecule has 0 amide bonds. The minimum Gasteiger partial charge on any atom is -0.365 e. The van der Waals surface area contributed by atoms with E-state index in [9.17, 15) is 0 Å². The van der Waals surface area contributed by atoms with Gasteiger partial charge in [0.1, 0.15) is 0 Å². The molecule has 0 fully saturated rings. The van der Waals surface area contributed by atoms with E-state index in [0.717, 1.165) is 21.3 Å². The second-order valence-electron chi connectivity index (χ2n) is 3.05. The van der Waals surface area contributed by atoms with Crippen LogP contribution < -0.4 is 5.32 Å². The first-order chi connectivity index (χ1) is 6.72. The van der Waals surface area contributed by atoms with Gasteiger partial charge in [0.05, 0.1) is 11.1 Å². The van der Waals surface area contributed by atoms with Gasteiger partial charge in [0.15, 0.2) is 5.13 Å². The molecule has 0 spiro atoms. The Morgan fingerprint density at radius 1 is 1.43 bits per heavy atom. The molecule has 5 heteroatoms. The third-order valence-corrected chi connectivity index (χ3v) is 3.27. The Morgan fingerprint density at radius 2 is 2.21 bits per heavy atom. The number of nitrogens with zero attached hydrogens (tertiary/aromatic N) is 3. The van der Waals surface area contributed by atoms with E-state index >= 15 is 0 Å². The van der Waals surface area contributed by atoms with Gasteiger partial charge in [-0.2, -0.15) is 5.10 Å². The van der Waals surface area contributed by atoms with E-state index in [4.69, 9.17) is 0 Å². The van der Waals surface area contributed by atoms with Gasteiger partial charge < -0.3 is 5.32 Å². The fraction of sp³-hybridized carbons (Fsp3) is 0.333. The fourth-order valence-electron chi connectivity index (χ4n) is 1.25. The largest absolute Gasteiger partial charge is 0.365 e. The topological polar surface area (TPSA) is 42.7 Å². The molecule has 74 valence electrons. The lowest BCUT2D eigenvalue weighted by Gasteiger charge is -1.95. The van der Waals surface area contributed by atoms with Gasteiger partial charge >= 0.3 is 0 Å². The SMILES string of the molecule is CNc1ncc(-c2cnn(C)c2C)s1. The molecule has 1 N–H and O–H groups in total. The number of aryl methyl sites for hydroxylation is 1. The molecule has 2 aromatic heterocycles. The molecule has 4 nitrogen and oxygen atoms in total. The van der Waals surface area contributed by atoms with Crippen LogP contribution in [0.3, 0.4) is 0 Å². The Balaban J connectivity index is 2.44. The molecule has 2 heterocycles. The van der Waals surface area contributed by atoms with Gasteiger partial charge in [0.25, 0.3) is 0 Å². The summed E-state index contributed by atoms with van der Waals surface area (Å²) < 4.78 is 1.87. The van der Waals surface area contributed by atoms with Crippen molar-refractivity contribution in [3.63, 3.8) is 0 Å². The summed E-state index contributed by atoms with van der Waals surface area (Å²) in [6.45, 7) is 2.06. The molecule has 0 radical (unpaired) electrons. The average Bonchev–Trinajstić information content (AvgIpc) is 2.75. The van der Waals surface area contributed by atoms with Crippen molar-refractivity contribution in [2.24, 2.45) is 7.05 Å². The Kier molecular flexibility index (Phi) is 2.25. The molecule has 0 aliphatic carbocycles. The van der Waals surface area contributed by atoms with Crippen LogP contribution >= 0.6 is 11.3 Å². The number of nitrogens with one attached hydrogen (secondary N) is 1. The quantitative estimate of drug-likeness (QED) is 0.819. The van der Waals surface area contributed by atoms with E-state index in [0.29, 0.717) is 0 Å². The maximum absolute atomic E-state index is 4.23. The molecule has 0 bridgehead atoms. The first-order valence-electron chi connectivity index (χ1n) is 4.35. The van der Waals surface area contributed by atoms with Gasteiger partial charge in [0.2, 0.25) is 0 Å². The van der Waals surface area contributed by atoms with Crippen molar-refractivity contribution in [1.29, 1.82) is 0 Å². The molecule has 14 heavy (non-hydrogen) atoms. The van der Waals surface area contributed by atoms with Gasteiger partial charge in [-0.05, 0) is 6.92 Å². The van der Waals surface area contributed by atoms with E-state index in [1.54, 1.807) is 11.3 Å². The maximum Gasteiger partial charge on any atom is 0.182 e. The highest BCUT2D eigenvalue weighted by Gasteiger charge is 2.09. The van der Waals surface area contributed by atoms with Crippen molar-refractivity contribution in [2.75, 3.05) is 12.4 Å². The highest BCUT2D eigenvalue weighted by Crippen LogP contribution is 2.30. The average molecular weight is 208 g/mol. The number of hydrogen-bond donors (Lipinski definition) is 1. The van der Waals surface area contributed by atoms with Crippen molar-refractivity contribution in [3.05, 3.63) is 18.1 Å². The second-order valence-corrected chi connectivity index (χ2v) is 4.08. The number of thiazole rings is 1. The predicted octanol–water partition coefficient (Wildman–Crippen LogP) is 1.89. The third-order valence-electron chi connectivity index (χ3n) is 2.22. The summed E-state index contributed by atoms with van der Waals surface area (Å²) in [6.07, 6.45) is 3.75. The third kappa shape index (κ3) is 1.39. The number of anilines is 1. The second kappa shape index (κ2) is 3.42. The molecule has 0 saturated heterocycles. The summed E-state index contributed by atoms with van der Waals surface area (Å²) in [5.41, 5.74) is 2.32. The van der Waals surface area contributed by atoms with Gasteiger partial charge in [-0.1, -0.05) is 11.3 Å². The monoisotopic (exact) mass is 208 g/mol.